The first-order valence-corrected chi connectivity index (χ1v) is 7.09. The molecule has 1 aromatic heterocycles. The number of pyridine rings is 1. The average molecular weight is 288 g/mol. The van der Waals surface area contributed by atoms with Gasteiger partial charge < -0.3 is 5.73 Å². The van der Waals surface area contributed by atoms with E-state index < -0.39 is 10.0 Å². The Hall–Kier alpha value is -2.59. The third kappa shape index (κ3) is 2.41. The van der Waals surface area contributed by atoms with Gasteiger partial charge in [-0.2, -0.15) is 5.26 Å². The van der Waals surface area contributed by atoms with Gasteiger partial charge in [-0.25, -0.2) is 8.42 Å². The highest BCUT2D eigenvalue weighted by Crippen LogP contribution is 2.26. The van der Waals surface area contributed by atoms with Crippen molar-refractivity contribution in [1.82, 2.24) is 4.98 Å². The number of hydrogen-bond acceptors (Lipinski definition) is 5. The van der Waals surface area contributed by atoms with Gasteiger partial charge in [0.25, 0.3) is 10.0 Å². The first-order chi connectivity index (χ1) is 9.46. The Morgan fingerprint density at radius 2 is 1.90 bits per heavy atom. The summed E-state index contributed by atoms with van der Waals surface area (Å²) in [5.74, 6) is 0. The number of hydrogen-bond donors (Lipinski definition) is 1. The van der Waals surface area contributed by atoms with E-state index in [-0.39, 0.29) is 10.6 Å². The molecule has 1 heterocycles. The van der Waals surface area contributed by atoms with Crippen LogP contribution in [0.1, 0.15) is 5.56 Å². The fourth-order valence-corrected chi connectivity index (χ4v) is 2.98. The van der Waals surface area contributed by atoms with E-state index in [4.69, 9.17) is 11.0 Å². The smallest absolute Gasteiger partial charge is 0.266 e. The molecule has 0 bridgehead atoms. The van der Waals surface area contributed by atoms with E-state index in [1.807, 2.05) is 6.07 Å². The summed E-state index contributed by atoms with van der Waals surface area (Å²) in [5.41, 5.74) is 6.56. The minimum absolute atomic E-state index is 0.0317. The molecule has 0 saturated carbocycles. The topological polar surface area (TPSA) is 100 Å². The van der Waals surface area contributed by atoms with Crippen molar-refractivity contribution in [3.05, 3.63) is 48.3 Å². The number of benzene rings is 1. The molecule has 6 nitrogen and oxygen atoms in total. The number of nitrogens with zero attached hydrogens (tertiary/aromatic N) is 3. The van der Waals surface area contributed by atoms with E-state index >= 15 is 0 Å². The molecule has 102 valence electrons. The van der Waals surface area contributed by atoms with Gasteiger partial charge in [-0.3, -0.25) is 9.29 Å². The molecule has 20 heavy (non-hydrogen) atoms. The van der Waals surface area contributed by atoms with E-state index in [2.05, 4.69) is 4.98 Å². The number of nitriles is 1. The summed E-state index contributed by atoms with van der Waals surface area (Å²) in [6, 6.07) is 9.17. The largest absolute Gasteiger partial charge is 0.398 e. The second-order valence-corrected chi connectivity index (χ2v) is 5.98. The first kappa shape index (κ1) is 13.8. The Morgan fingerprint density at radius 3 is 2.45 bits per heavy atom. The average Bonchev–Trinajstić information content (AvgIpc) is 2.46. The zero-order valence-electron chi connectivity index (χ0n) is 10.7. The van der Waals surface area contributed by atoms with Crippen LogP contribution >= 0.6 is 0 Å². The van der Waals surface area contributed by atoms with Crippen LogP contribution in [0.25, 0.3) is 0 Å². The maximum atomic E-state index is 12.5. The van der Waals surface area contributed by atoms with E-state index in [9.17, 15) is 8.42 Å². The van der Waals surface area contributed by atoms with Crippen LogP contribution in [0.2, 0.25) is 0 Å². The molecule has 0 aliphatic heterocycles. The molecule has 0 radical (unpaired) electrons. The number of aromatic nitrogens is 1. The van der Waals surface area contributed by atoms with Gasteiger partial charge in [0, 0.05) is 19.4 Å². The molecule has 0 aliphatic rings. The van der Waals surface area contributed by atoms with Crippen molar-refractivity contribution in [3.8, 4) is 6.07 Å². The van der Waals surface area contributed by atoms with Crippen LogP contribution < -0.4 is 10.0 Å². The van der Waals surface area contributed by atoms with Crippen molar-refractivity contribution in [1.29, 1.82) is 5.26 Å². The van der Waals surface area contributed by atoms with Gasteiger partial charge in [-0.1, -0.05) is 0 Å². The molecular formula is C13H12N4O2S. The monoisotopic (exact) mass is 288 g/mol. The number of rotatable bonds is 3. The lowest BCUT2D eigenvalue weighted by Crippen LogP contribution is -2.27. The fourth-order valence-electron chi connectivity index (χ4n) is 1.69. The molecule has 0 fully saturated rings. The molecule has 0 atom stereocenters. The summed E-state index contributed by atoms with van der Waals surface area (Å²) < 4.78 is 26.1. The highest BCUT2D eigenvalue weighted by Gasteiger charge is 2.23. The Morgan fingerprint density at radius 1 is 1.25 bits per heavy atom. The minimum atomic E-state index is -3.78. The van der Waals surface area contributed by atoms with Crippen molar-refractivity contribution < 1.29 is 8.42 Å². The molecule has 0 saturated heterocycles. The number of anilines is 2. The lowest BCUT2D eigenvalue weighted by molar-refractivity contribution is 0.595. The van der Waals surface area contributed by atoms with E-state index in [1.165, 1.54) is 37.6 Å². The Labute approximate surface area is 117 Å². The standard InChI is InChI=1S/C13H12N4O2S/c1-17(11-4-6-16-7-5-11)20(18,19)13-3-2-10(9-14)8-12(13)15/h2-8H,15H2,1H3. The van der Waals surface area contributed by atoms with Crippen molar-refractivity contribution in [2.45, 2.75) is 4.90 Å². The van der Waals surface area contributed by atoms with Gasteiger partial charge >= 0.3 is 0 Å². The minimum Gasteiger partial charge on any atom is -0.398 e. The van der Waals surface area contributed by atoms with Crippen molar-refractivity contribution >= 4 is 21.4 Å². The Kier molecular flexibility index (Phi) is 3.59. The maximum Gasteiger partial charge on any atom is 0.266 e. The van der Waals surface area contributed by atoms with Crippen LogP contribution in [-0.4, -0.2) is 20.4 Å². The van der Waals surface area contributed by atoms with Crippen LogP contribution in [0.3, 0.4) is 0 Å². The summed E-state index contributed by atoms with van der Waals surface area (Å²) in [5, 5.41) is 8.77. The van der Waals surface area contributed by atoms with E-state index in [1.54, 1.807) is 12.1 Å². The summed E-state index contributed by atoms with van der Waals surface area (Å²) in [6.45, 7) is 0. The molecule has 2 rings (SSSR count). The lowest BCUT2D eigenvalue weighted by Gasteiger charge is -2.20. The number of nitrogens with two attached hydrogens (primary N) is 1. The van der Waals surface area contributed by atoms with Crippen molar-refractivity contribution in [2.75, 3.05) is 17.1 Å². The third-order valence-electron chi connectivity index (χ3n) is 2.80. The summed E-state index contributed by atoms with van der Waals surface area (Å²) >= 11 is 0. The molecular weight excluding hydrogens is 276 g/mol. The van der Waals surface area contributed by atoms with Crippen LogP contribution in [0.5, 0.6) is 0 Å². The number of nitrogen functional groups attached to an aromatic ring is 1. The van der Waals surface area contributed by atoms with Crippen molar-refractivity contribution in [3.63, 3.8) is 0 Å². The lowest BCUT2D eigenvalue weighted by atomic mass is 10.2. The Balaban J connectivity index is 2.49. The van der Waals surface area contributed by atoms with Gasteiger partial charge in [-0.05, 0) is 30.3 Å². The second kappa shape index (κ2) is 5.19. The maximum absolute atomic E-state index is 12.5. The van der Waals surface area contributed by atoms with Crippen molar-refractivity contribution in [2.24, 2.45) is 0 Å². The molecule has 7 heteroatoms. The van der Waals surface area contributed by atoms with Gasteiger partial charge in [0.15, 0.2) is 0 Å². The van der Waals surface area contributed by atoms with Crippen LogP contribution in [-0.2, 0) is 10.0 Å². The van der Waals surface area contributed by atoms with E-state index in [0.29, 0.717) is 11.3 Å². The summed E-state index contributed by atoms with van der Waals surface area (Å²) in [6.07, 6.45) is 3.01. The van der Waals surface area contributed by atoms with Crippen LogP contribution in [0.4, 0.5) is 11.4 Å². The first-order valence-electron chi connectivity index (χ1n) is 5.65. The predicted octanol–water partition coefficient (Wildman–Crippen LogP) is 1.36. The van der Waals surface area contributed by atoms with Crippen LogP contribution in [0.15, 0.2) is 47.6 Å². The number of sulfonamides is 1. The molecule has 2 N–H and O–H groups in total. The third-order valence-corrected chi connectivity index (χ3v) is 4.66. The highest BCUT2D eigenvalue weighted by molar-refractivity contribution is 7.93. The van der Waals surface area contributed by atoms with E-state index in [0.717, 1.165) is 4.31 Å². The summed E-state index contributed by atoms with van der Waals surface area (Å²) in [7, 11) is -2.34. The zero-order chi connectivity index (χ0) is 14.8. The van der Waals surface area contributed by atoms with Gasteiger partial charge in [-0.15, -0.1) is 0 Å². The van der Waals surface area contributed by atoms with Gasteiger partial charge in [0.2, 0.25) is 0 Å². The molecule has 2 aromatic rings. The summed E-state index contributed by atoms with van der Waals surface area (Å²) in [4.78, 5) is 3.81. The Bertz CT molecular complexity index is 767. The molecule has 0 amide bonds. The van der Waals surface area contributed by atoms with Gasteiger partial charge in [0.05, 0.1) is 23.0 Å². The fraction of sp³-hybridized carbons (Fsp3) is 0.0769. The zero-order valence-corrected chi connectivity index (χ0v) is 11.5. The predicted molar refractivity (Wildman–Crippen MR) is 75.4 cm³/mol. The molecule has 0 aliphatic carbocycles. The molecule has 0 spiro atoms. The highest BCUT2D eigenvalue weighted by atomic mass is 32.2. The normalized spacial score (nSPS) is 10.8. The molecule has 1 aromatic carbocycles. The molecule has 0 unspecified atom stereocenters. The SMILES string of the molecule is CN(c1ccncc1)S(=O)(=O)c1ccc(C#N)cc1N. The quantitative estimate of drug-likeness (QED) is 0.859. The van der Waals surface area contributed by atoms with Crippen LogP contribution in [0, 0.1) is 11.3 Å². The second-order valence-electron chi connectivity index (χ2n) is 4.04. The van der Waals surface area contributed by atoms with Gasteiger partial charge in [0.1, 0.15) is 4.90 Å².